The van der Waals surface area contributed by atoms with Gasteiger partial charge in [-0.15, -0.1) is 0 Å². The van der Waals surface area contributed by atoms with Gasteiger partial charge in [0.2, 0.25) is 0 Å². The lowest BCUT2D eigenvalue weighted by Crippen LogP contribution is -1.96. The van der Waals surface area contributed by atoms with Gasteiger partial charge in [0, 0.05) is 3.57 Å². The highest BCUT2D eigenvalue weighted by molar-refractivity contribution is 14.1. The van der Waals surface area contributed by atoms with Gasteiger partial charge in [-0.2, -0.15) is 0 Å². The molecule has 0 radical (unpaired) electrons. The number of hydrogen-bond acceptors (Lipinski definition) is 3. The molecule has 0 saturated heterocycles. The lowest BCUT2D eigenvalue weighted by molar-refractivity contribution is -0.133. The van der Waals surface area contributed by atoms with E-state index in [1.807, 2.05) is 24.3 Å². The Morgan fingerprint density at radius 3 is 2.75 bits per heavy atom. The highest BCUT2D eigenvalue weighted by Gasteiger charge is 1.93. The number of ether oxygens (including phenoxy) is 1. The second-order valence-corrected chi connectivity index (χ2v) is 4.73. The molecule has 84 valence electrons. The minimum absolute atomic E-state index is 0.00344. The van der Waals surface area contributed by atoms with E-state index in [9.17, 15) is 4.79 Å². The van der Waals surface area contributed by atoms with Gasteiger partial charge in [-0.3, -0.25) is 4.79 Å². The van der Waals surface area contributed by atoms with Crippen LogP contribution in [0.5, 0.6) is 5.75 Å². The minimum atomic E-state index is -0.863. The van der Waals surface area contributed by atoms with Gasteiger partial charge in [0.15, 0.2) is 0 Å². The average molecular weight is 348 g/mol. The Balaban J connectivity index is 2.24. The van der Waals surface area contributed by atoms with E-state index >= 15 is 0 Å². The number of thioether (sulfide) groups is 1. The molecule has 1 rings (SSSR count). The summed E-state index contributed by atoms with van der Waals surface area (Å²) in [5.41, 5.74) is 0. The first-order valence-corrected chi connectivity index (χ1v) is 6.45. The molecule has 0 aliphatic rings. The quantitative estimate of drug-likeness (QED) is 0.671. The fraction of sp³-hybridized carbons (Fsp3) is 0.182. The first-order chi connectivity index (χ1) is 7.68. The summed E-state index contributed by atoms with van der Waals surface area (Å²) >= 11 is 3.27. The topological polar surface area (TPSA) is 46.5 Å². The molecule has 0 aliphatic carbocycles. The largest absolute Gasteiger partial charge is 0.481 e. The number of carboxylic acids is 1. The second-order valence-electron chi connectivity index (χ2n) is 2.70. The van der Waals surface area contributed by atoms with Crippen molar-refractivity contribution in [2.45, 2.75) is 0 Å². The standard InChI is InChI=1S/C11H9IO3S/c12-9-2-4-10(5-3-9)15-6-1-7-16-8-11(13)14/h2-5H,6,8H2,(H,13,14). The van der Waals surface area contributed by atoms with E-state index in [2.05, 4.69) is 33.8 Å². The Morgan fingerprint density at radius 1 is 1.44 bits per heavy atom. The van der Waals surface area contributed by atoms with Crippen LogP contribution in [0.3, 0.4) is 0 Å². The number of benzene rings is 1. The number of aliphatic carboxylic acids is 1. The number of carbonyl (C=O) groups is 1. The van der Waals surface area contributed by atoms with E-state index in [1.165, 1.54) is 0 Å². The Bertz CT molecular complexity index is 405. The van der Waals surface area contributed by atoms with E-state index in [1.54, 1.807) is 0 Å². The maximum absolute atomic E-state index is 10.2. The van der Waals surface area contributed by atoms with Crippen molar-refractivity contribution in [3.8, 4) is 16.9 Å². The van der Waals surface area contributed by atoms with Gasteiger partial charge >= 0.3 is 5.97 Å². The third-order valence-corrected chi connectivity index (χ3v) is 2.86. The van der Waals surface area contributed by atoms with Gasteiger partial charge < -0.3 is 9.84 Å². The number of carboxylic acid groups (broad SMARTS) is 1. The normalized spacial score (nSPS) is 9.06. The lowest BCUT2D eigenvalue weighted by atomic mass is 10.3. The van der Waals surface area contributed by atoms with E-state index in [4.69, 9.17) is 9.84 Å². The molecule has 1 aromatic rings. The fourth-order valence-electron chi connectivity index (χ4n) is 0.829. The van der Waals surface area contributed by atoms with Crippen LogP contribution >= 0.6 is 34.4 Å². The monoisotopic (exact) mass is 348 g/mol. The third-order valence-electron chi connectivity index (χ3n) is 1.46. The predicted octanol–water partition coefficient (Wildman–Crippen LogP) is 2.45. The van der Waals surface area contributed by atoms with Crippen molar-refractivity contribution in [2.24, 2.45) is 0 Å². The molecule has 3 nitrogen and oxygen atoms in total. The molecule has 16 heavy (non-hydrogen) atoms. The molecule has 0 aromatic heterocycles. The molecule has 0 fully saturated rings. The zero-order chi connectivity index (χ0) is 11.8. The van der Waals surface area contributed by atoms with Crippen LogP contribution in [-0.2, 0) is 4.79 Å². The zero-order valence-corrected chi connectivity index (χ0v) is 11.2. The molecule has 0 heterocycles. The molecule has 0 saturated carbocycles. The van der Waals surface area contributed by atoms with Crippen molar-refractivity contribution < 1.29 is 14.6 Å². The molecule has 0 unspecified atom stereocenters. The highest BCUT2D eigenvalue weighted by Crippen LogP contribution is 2.12. The Hall–Kier alpha value is -0.870. The minimum Gasteiger partial charge on any atom is -0.481 e. The first kappa shape index (κ1) is 13.2. The summed E-state index contributed by atoms with van der Waals surface area (Å²) < 4.78 is 6.48. The van der Waals surface area contributed by atoms with Gasteiger partial charge in [-0.25, -0.2) is 0 Å². The van der Waals surface area contributed by atoms with Gasteiger partial charge in [0.25, 0.3) is 0 Å². The van der Waals surface area contributed by atoms with Gasteiger partial charge in [0.05, 0.1) is 0 Å². The van der Waals surface area contributed by atoms with Crippen molar-refractivity contribution in [3.05, 3.63) is 27.8 Å². The molecular formula is C11H9IO3S. The van der Waals surface area contributed by atoms with Crippen LogP contribution in [0.1, 0.15) is 0 Å². The molecule has 0 atom stereocenters. The number of hydrogen-bond donors (Lipinski definition) is 1. The van der Waals surface area contributed by atoms with Crippen molar-refractivity contribution in [2.75, 3.05) is 12.4 Å². The lowest BCUT2D eigenvalue weighted by Gasteiger charge is -2.00. The molecule has 1 aromatic carbocycles. The second kappa shape index (κ2) is 7.41. The van der Waals surface area contributed by atoms with Crippen molar-refractivity contribution in [1.82, 2.24) is 0 Å². The maximum atomic E-state index is 10.2. The van der Waals surface area contributed by atoms with Crippen LogP contribution in [0.15, 0.2) is 24.3 Å². The van der Waals surface area contributed by atoms with E-state index in [-0.39, 0.29) is 12.4 Å². The molecule has 1 N–H and O–H groups in total. The summed E-state index contributed by atoms with van der Waals surface area (Å²) in [4.78, 5) is 10.2. The van der Waals surface area contributed by atoms with Crippen LogP contribution in [0.4, 0.5) is 0 Å². The van der Waals surface area contributed by atoms with Gasteiger partial charge in [-0.1, -0.05) is 11.8 Å². The van der Waals surface area contributed by atoms with E-state index < -0.39 is 5.97 Å². The summed E-state index contributed by atoms with van der Waals surface area (Å²) in [7, 11) is 0. The van der Waals surface area contributed by atoms with Gasteiger partial charge in [-0.05, 0) is 58.0 Å². The molecule has 0 bridgehead atoms. The molecule has 0 aliphatic heterocycles. The third kappa shape index (κ3) is 5.88. The predicted molar refractivity (Wildman–Crippen MR) is 72.5 cm³/mol. The van der Waals surface area contributed by atoms with Crippen LogP contribution in [0.2, 0.25) is 0 Å². The number of rotatable bonds is 4. The molecular weight excluding hydrogens is 339 g/mol. The Kier molecular flexibility index (Phi) is 6.11. The molecule has 0 amide bonds. The van der Waals surface area contributed by atoms with E-state index in [0.29, 0.717) is 0 Å². The van der Waals surface area contributed by atoms with Crippen molar-refractivity contribution in [3.63, 3.8) is 0 Å². The Morgan fingerprint density at radius 2 is 2.12 bits per heavy atom. The summed E-state index contributed by atoms with van der Waals surface area (Å²) in [5, 5.41) is 11.0. The average Bonchev–Trinajstić information content (AvgIpc) is 2.25. The Labute approximate surface area is 112 Å². The fourth-order valence-corrected chi connectivity index (χ4v) is 1.54. The summed E-state index contributed by atoms with van der Waals surface area (Å²) in [6.07, 6.45) is 0. The number of halogens is 1. The van der Waals surface area contributed by atoms with Gasteiger partial charge in [0.1, 0.15) is 18.1 Å². The first-order valence-electron chi connectivity index (χ1n) is 4.38. The van der Waals surface area contributed by atoms with Crippen LogP contribution in [0, 0.1) is 14.7 Å². The van der Waals surface area contributed by atoms with Crippen LogP contribution < -0.4 is 4.74 Å². The smallest absolute Gasteiger partial charge is 0.314 e. The summed E-state index contributed by atoms with van der Waals surface area (Å²) in [6.45, 7) is 0.271. The summed E-state index contributed by atoms with van der Waals surface area (Å²) in [6, 6.07) is 7.63. The summed E-state index contributed by atoms with van der Waals surface area (Å²) in [5.74, 6) is 2.62. The SMILES string of the molecule is O=C(O)CSC#CCOc1ccc(I)cc1. The van der Waals surface area contributed by atoms with Crippen LogP contribution in [0.25, 0.3) is 0 Å². The van der Waals surface area contributed by atoms with Crippen molar-refractivity contribution >= 4 is 40.3 Å². The molecule has 0 spiro atoms. The molecule has 5 heteroatoms. The van der Waals surface area contributed by atoms with Crippen LogP contribution in [-0.4, -0.2) is 23.4 Å². The highest BCUT2D eigenvalue weighted by atomic mass is 127. The maximum Gasteiger partial charge on any atom is 0.314 e. The van der Waals surface area contributed by atoms with E-state index in [0.717, 1.165) is 21.1 Å². The zero-order valence-electron chi connectivity index (χ0n) is 8.27. The van der Waals surface area contributed by atoms with Crippen molar-refractivity contribution in [1.29, 1.82) is 0 Å².